The summed E-state index contributed by atoms with van der Waals surface area (Å²) < 4.78 is 6.44. The zero-order valence-electron chi connectivity index (χ0n) is 9.72. The van der Waals surface area contributed by atoms with E-state index in [0.717, 1.165) is 16.5 Å². The molecule has 1 aliphatic rings. The molecule has 92 valence electrons. The van der Waals surface area contributed by atoms with E-state index in [1.54, 1.807) is 18.0 Å². The maximum atomic E-state index is 12.2. The first-order chi connectivity index (χ1) is 8.02. The van der Waals surface area contributed by atoms with Gasteiger partial charge in [0.25, 0.3) is 5.91 Å². The number of carbonyl (C=O) groups is 1. The van der Waals surface area contributed by atoms with Crippen LogP contribution in [0.5, 0.6) is 5.75 Å². The van der Waals surface area contributed by atoms with Crippen molar-refractivity contribution in [2.24, 2.45) is 0 Å². The fraction of sp³-hybridized carbons (Fsp3) is 0.417. The topological polar surface area (TPSA) is 29.5 Å². The summed E-state index contributed by atoms with van der Waals surface area (Å²) in [7, 11) is 1.79. The van der Waals surface area contributed by atoms with E-state index in [1.165, 1.54) is 0 Å². The van der Waals surface area contributed by atoms with Crippen molar-refractivity contribution in [1.29, 1.82) is 0 Å². The molecule has 5 heteroatoms. The van der Waals surface area contributed by atoms with Crippen LogP contribution in [-0.2, 0) is 0 Å². The highest BCUT2D eigenvalue weighted by molar-refractivity contribution is 9.10. The van der Waals surface area contributed by atoms with Gasteiger partial charge in [-0.05, 0) is 25.0 Å². The lowest BCUT2D eigenvalue weighted by atomic mass is 10.1. The summed E-state index contributed by atoms with van der Waals surface area (Å²) in [4.78, 5) is 13.9. The van der Waals surface area contributed by atoms with Gasteiger partial charge in [-0.1, -0.05) is 27.5 Å². The highest BCUT2D eigenvalue weighted by Crippen LogP contribution is 2.37. The molecule has 3 nitrogen and oxygen atoms in total. The van der Waals surface area contributed by atoms with Crippen molar-refractivity contribution in [3.8, 4) is 5.75 Å². The van der Waals surface area contributed by atoms with Crippen molar-refractivity contribution in [3.05, 3.63) is 26.7 Å². The minimum absolute atomic E-state index is 0.0534. The van der Waals surface area contributed by atoms with Crippen molar-refractivity contribution >= 4 is 33.4 Å². The van der Waals surface area contributed by atoms with Gasteiger partial charge in [0.15, 0.2) is 5.75 Å². The standard InChI is InChI=1S/C12H13BrClNO2/c1-7-9(13)6-8-11(10(7)14)17-5-3-4-15(2)12(8)16/h6H,3-5H2,1-2H3. The molecule has 0 bridgehead atoms. The molecule has 0 radical (unpaired) electrons. The molecule has 0 spiro atoms. The summed E-state index contributed by atoms with van der Waals surface area (Å²) in [5.41, 5.74) is 1.41. The van der Waals surface area contributed by atoms with Gasteiger partial charge in [-0.2, -0.15) is 0 Å². The Morgan fingerprint density at radius 2 is 2.24 bits per heavy atom. The lowest BCUT2D eigenvalue weighted by molar-refractivity contribution is 0.0769. The Balaban J connectivity index is 2.60. The second-order valence-corrected chi connectivity index (χ2v) is 5.34. The van der Waals surface area contributed by atoms with Gasteiger partial charge in [-0.15, -0.1) is 0 Å². The van der Waals surface area contributed by atoms with Crippen LogP contribution in [-0.4, -0.2) is 31.0 Å². The third kappa shape index (κ3) is 2.29. The largest absolute Gasteiger partial charge is 0.491 e. The van der Waals surface area contributed by atoms with E-state index in [2.05, 4.69) is 15.9 Å². The third-order valence-corrected chi connectivity index (χ3v) is 4.14. The Bertz CT molecular complexity index is 476. The van der Waals surface area contributed by atoms with Crippen molar-refractivity contribution in [3.63, 3.8) is 0 Å². The van der Waals surface area contributed by atoms with Gasteiger partial charge in [0.1, 0.15) is 0 Å². The van der Waals surface area contributed by atoms with Crippen LogP contribution in [0.3, 0.4) is 0 Å². The van der Waals surface area contributed by atoms with E-state index in [4.69, 9.17) is 16.3 Å². The molecule has 1 aromatic carbocycles. The molecule has 0 aliphatic carbocycles. The Morgan fingerprint density at radius 1 is 1.53 bits per heavy atom. The molecule has 0 N–H and O–H groups in total. The summed E-state index contributed by atoms with van der Waals surface area (Å²) in [6, 6.07) is 1.78. The molecule has 17 heavy (non-hydrogen) atoms. The highest BCUT2D eigenvalue weighted by atomic mass is 79.9. The van der Waals surface area contributed by atoms with Gasteiger partial charge in [0.05, 0.1) is 17.2 Å². The van der Waals surface area contributed by atoms with Crippen LogP contribution in [0.2, 0.25) is 5.02 Å². The van der Waals surface area contributed by atoms with Crippen LogP contribution in [0.15, 0.2) is 10.5 Å². The number of halogens is 2. The number of hydrogen-bond donors (Lipinski definition) is 0. The molecule has 0 unspecified atom stereocenters. The van der Waals surface area contributed by atoms with E-state index in [1.807, 2.05) is 6.92 Å². The van der Waals surface area contributed by atoms with Crippen molar-refractivity contribution in [1.82, 2.24) is 4.90 Å². The number of nitrogens with zero attached hydrogens (tertiary/aromatic N) is 1. The molecule has 0 aromatic heterocycles. The molecule has 0 saturated carbocycles. The van der Waals surface area contributed by atoms with E-state index >= 15 is 0 Å². The first-order valence-corrected chi connectivity index (χ1v) is 6.56. The monoisotopic (exact) mass is 317 g/mol. The summed E-state index contributed by atoms with van der Waals surface area (Å²) in [5.74, 6) is 0.450. The van der Waals surface area contributed by atoms with Crippen LogP contribution in [0, 0.1) is 6.92 Å². The van der Waals surface area contributed by atoms with Gasteiger partial charge < -0.3 is 9.64 Å². The summed E-state index contributed by atoms with van der Waals surface area (Å²) >= 11 is 9.64. The van der Waals surface area contributed by atoms with Crippen LogP contribution in [0.4, 0.5) is 0 Å². The Morgan fingerprint density at radius 3 is 2.94 bits per heavy atom. The number of ether oxygens (including phenoxy) is 1. The van der Waals surface area contributed by atoms with Crippen molar-refractivity contribution < 1.29 is 9.53 Å². The molecule has 2 rings (SSSR count). The van der Waals surface area contributed by atoms with E-state index in [0.29, 0.717) is 29.5 Å². The second kappa shape index (κ2) is 4.86. The fourth-order valence-corrected chi connectivity index (χ4v) is 2.58. The normalized spacial score (nSPS) is 16.0. The third-order valence-electron chi connectivity index (χ3n) is 2.86. The molecule has 0 saturated heterocycles. The molecule has 1 aliphatic heterocycles. The zero-order chi connectivity index (χ0) is 12.6. The average molecular weight is 319 g/mol. The van der Waals surface area contributed by atoms with Crippen LogP contribution in [0.25, 0.3) is 0 Å². The number of benzene rings is 1. The predicted octanol–water partition coefficient (Wildman–Crippen LogP) is 3.27. The number of fused-ring (bicyclic) bond motifs is 1. The predicted molar refractivity (Wildman–Crippen MR) is 71.0 cm³/mol. The van der Waals surface area contributed by atoms with Gasteiger partial charge in [-0.25, -0.2) is 0 Å². The van der Waals surface area contributed by atoms with Crippen molar-refractivity contribution in [2.75, 3.05) is 20.2 Å². The lowest BCUT2D eigenvalue weighted by Crippen LogP contribution is -2.31. The SMILES string of the molecule is Cc1c(Br)cc2c(c1Cl)OCCCN(C)C2=O. The average Bonchev–Trinajstić information content (AvgIpc) is 2.31. The quantitative estimate of drug-likeness (QED) is 0.735. The minimum atomic E-state index is -0.0534. The van der Waals surface area contributed by atoms with Gasteiger partial charge in [0.2, 0.25) is 0 Å². The first kappa shape index (κ1) is 12.7. The zero-order valence-corrected chi connectivity index (χ0v) is 12.1. The number of carbonyl (C=O) groups excluding carboxylic acids is 1. The molecular weight excluding hydrogens is 305 g/mol. The number of hydrogen-bond acceptors (Lipinski definition) is 2. The summed E-state index contributed by atoms with van der Waals surface area (Å²) in [6.45, 7) is 3.16. The van der Waals surface area contributed by atoms with E-state index in [-0.39, 0.29) is 5.91 Å². The maximum Gasteiger partial charge on any atom is 0.257 e. The Labute approximate surface area is 114 Å². The Hall–Kier alpha value is -0.740. The molecular formula is C12H13BrClNO2. The maximum absolute atomic E-state index is 12.2. The first-order valence-electron chi connectivity index (χ1n) is 5.39. The highest BCUT2D eigenvalue weighted by Gasteiger charge is 2.23. The van der Waals surface area contributed by atoms with Crippen molar-refractivity contribution in [2.45, 2.75) is 13.3 Å². The lowest BCUT2D eigenvalue weighted by Gasteiger charge is -2.24. The van der Waals surface area contributed by atoms with Gasteiger partial charge >= 0.3 is 0 Å². The van der Waals surface area contributed by atoms with Crippen LogP contribution >= 0.6 is 27.5 Å². The van der Waals surface area contributed by atoms with Gasteiger partial charge in [0, 0.05) is 18.1 Å². The van der Waals surface area contributed by atoms with Gasteiger partial charge in [-0.3, -0.25) is 4.79 Å². The van der Waals surface area contributed by atoms with Crippen LogP contribution in [0.1, 0.15) is 22.3 Å². The number of amides is 1. The summed E-state index contributed by atoms with van der Waals surface area (Å²) in [5, 5.41) is 0.512. The second-order valence-electron chi connectivity index (χ2n) is 4.10. The molecule has 1 amide bonds. The molecule has 0 fully saturated rings. The molecule has 0 atom stereocenters. The summed E-state index contributed by atoms with van der Waals surface area (Å²) in [6.07, 6.45) is 0.813. The van der Waals surface area contributed by atoms with E-state index < -0.39 is 0 Å². The molecule has 1 heterocycles. The number of rotatable bonds is 0. The fourth-order valence-electron chi connectivity index (χ4n) is 1.78. The smallest absolute Gasteiger partial charge is 0.257 e. The Kier molecular flexibility index (Phi) is 3.64. The van der Waals surface area contributed by atoms with E-state index in [9.17, 15) is 4.79 Å². The molecule has 1 aromatic rings. The minimum Gasteiger partial charge on any atom is -0.491 e. The van der Waals surface area contributed by atoms with Crippen LogP contribution < -0.4 is 4.74 Å².